The van der Waals surface area contributed by atoms with E-state index in [4.69, 9.17) is 10.7 Å². The first-order valence-corrected chi connectivity index (χ1v) is 8.42. The second-order valence-electron chi connectivity index (χ2n) is 5.97. The summed E-state index contributed by atoms with van der Waals surface area (Å²) in [6.45, 7) is 0. The molecule has 0 bridgehead atoms. The van der Waals surface area contributed by atoms with E-state index in [2.05, 4.69) is 0 Å². The van der Waals surface area contributed by atoms with E-state index in [1.54, 1.807) is 11.3 Å². The first-order valence-electron chi connectivity index (χ1n) is 7.60. The molecule has 2 N–H and O–H groups in total. The molecule has 0 aliphatic heterocycles. The van der Waals surface area contributed by atoms with Gasteiger partial charge in [-0.3, -0.25) is 0 Å². The Labute approximate surface area is 114 Å². The summed E-state index contributed by atoms with van der Waals surface area (Å²) in [7, 11) is 0. The molecule has 0 unspecified atom stereocenters. The van der Waals surface area contributed by atoms with Crippen LogP contribution in [0.5, 0.6) is 0 Å². The number of hydrogen-bond donors (Lipinski definition) is 1. The van der Waals surface area contributed by atoms with Gasteiger partial charge in [0.2, 0.25) is 0 Å². The van der Waals surface area contributed by atoms with Crippen molar-refractivity contribution in [1.82, 2.24) is 4.98 Å². The summed E-state index contributed by atoms with van der Waals surface area (Å²) in [5.41, 5.74) is 7.49. The van der Waals surface area contributed by atoms with Crippen molar-refractivity contribution in [2.24, 2.45) is 0 Å². The number of aromatic nitrogens is 1. The molecule has 0 saturated heterocycles. The molecular formula is C15H24N2S. The van der Waals surface area contributed by atoms with Gasteiger partial charge in [-0.25, -0.2) is 4.98 Å². The van der Waals surface area contributed by atoms with Crippen molar-refractivity contribution < 1.29 is 0 Å². The molecule has 3 heteroatoms. The molecule has 2 nitrogen and oxygen atoms in total. The number of thiazole rings is 1. The van der Waals surface area contributed by atoms with Crippen LogP contribution in [0.25, 0.3) is 0 Å². The predicted molar refractivity (Wildman–Crippen MR) is 78.2 cm³/mol. The van der Waals surface area contributed by atoms with Crippen molar-refractivity contribution in [3.8, 4) is 0 Å². The summed E-state index contributed by atoms with van der Waals surface area (Å²) in [5.74, 6) is 1.37. The maximum absolute atomic E-state index is 6.23. The highest BCUT2D eigenvalue weighted by atomic mass is 32.1. The number of nitrogen functional groups attached to an aromatic ring is 1. The zero-order chi connectivity index (χ0) is 12.4. The third kappa shape index (κ3) is 2.56. The summed E-state index contributed by atoms with van der Waals surface area (Å²) >= 11 is 1.78. The minimum Gasteiger partial charge on any atom is -0.389 e. The summed E-state index contributed by atoms with van der Waals surface area (Å²) in [5, 5.41) is 2.36. The van der Waals surface area contributed by atoms with E-state index in [1.807, 2.05) is 0 Å². The van der Waals surface area contributed by atoms with Gasteiger partial charge in [-0.1, -0.05) is 38.5 Å². The van der Waals surface area contributed by atoms with Crippen molar-refractivity contribution in [1.29, 1.82) is 0 Å². The third-order valence-electron chi connectivity index (χ3n) is 4.64. The lowest BCUT2D eigenvalue weighted by atomic mass is 9.87. The average molecular weight is 264 g/mol. The lowest BCUT2D eigenvalue weighted by molar-refractivity contribution is 0.428. The number of rotatable bonds is 2. The van der Waals surface area contributed by atoms with Gasteiger partial charge < -0.3 is 5.73 Å². The van der Waals surface area contributed by atoms with Crippen LogP contribution < -0.4 is 5.73 Å². The highest BCUT2D eigenvalue weighted by molar-refractivity contribution is 7.15. The molecule has 1 aromatic rings. The van der Waals surface area contributed by atoms with Crippen LogP contribution in [0, 0.1) is 0 Å². The van der Waals surface area contributed by atoms with Crippen molar-refractivity contribution in [2.45, 2.75) is 76.0 Å². The fourth-order valence-electron chi connectivity index (χ4n) is 3.55. The maximum atomic E-state index is 6.23. The van der Waals surface area contributed by atoms with Gasteiger partial charge in [0.1, 0.15) is 5.00 Å². The van der Waals surface area contributed by atoms with Crippen LogP contribution >= 0.6 is 11.3 Å². The maximum Gasteiger partial charge on any atom is 0.110 e. The van der Waals surface area contributed by atoms with Crippen LogP contribution in [0.3, 0.4) is 0 Å². The summed E-state index contributed by atoms with van der Waals surface area (Å²) < 4.78 is 0. The Balaban J connectivity index is 1.76. The number of anilines is 1. The van der Waals surface area contributed by atoms with Gasteiger partial charge in [0, 0.05) is 11.8 Å². The molecule has 2 aliphatic rings. The minimum absolute atomic E-state index is 0.660. The van der Waals surface area contributed by atoms with Crippen LogP contribution in [0.4, 0.5) is 5.00 Å². The molecule has 2 aliphatic carbocycles. The Morgan fingerprint density at radius 1 is 0.833 bits per heavy atom. The zero-order valence-corrected chi connectivity index (χ0v) is 12.0. The topological polar surface area (TPSA) is 38.9 Å². The average Bonchev–Trinajstić information content (AvgIpc) is 2.83. The number of nitrogens with zero attached hydrogens (tertiary/aromatic N) is 1. The molecule has 0 radical (unpaired) electrons. The standard InChI is InChI=1S/C15H24N2S/c16-14-13(11-7-3-1-4-8-11)17-15(18-14)12-9-5-2-6-10-12/h11-12H,1-10,16H2. The minimum atomic E-state index is 0.660. The molecule has 0 amide bonds. The molecule has 2 saturated carbocycles. The molecule has 1 heterocycles. The van der Waals surface area contributed by atoms with Gasteiger partial charge in [-0.05, 0) is 25.7 Å². The van der Waals surface area contributed by atoms with Crippen molar-refractivity contribution in [3.05, 3.63) is 10.7 Å². The monoisotopic (exact) mass is 264 g/mol. The first-order chi connectivity index (χ1) is 8.84. The SMILES string of the molecule is Nc1sc(C2CCCCC2)nc1C1CCCCC1. The van der Waals surface area contributed by atoms with Gasteiger partial charge in [0.05, 0.1) is 10.7 Å². The van der Waals surface area contributed by atoms with Crippen molar-refractivity contribution in [3.63, 3.8) is 0 Å². The van der Waals surface area contributed by atoms with Crippen LogP contribution in [-0.2, 0) is 0 Å². The largest absolute Gasteiger partial charge is 0.389 e. The second kappa shape index (κ2) is 5.60. The van der Waals surface area contributed by atoms with E-state index < -0.39 is 0 Å². The molecule has 0 spiro atoms. The molecule has 0 aromatic carbocycles. The molecule has 18 heavy (non-hydrogen) atoms. The van der Waals surface area contributed by atoms with E-state index in [1.165, 1.54) is 74.9 Å². The van der Waals surface area contributed by atoms with E-state index in [0.29, 0.717) is 11.8 Å². The zero-order valence-electron chi connectivity index (χ0n) is 11.2. The summed E-state index contributed by atoms with van der Waals surface area (Å²) in [6.07, 6.45) is 13.6. The van der Waals surface area contributed by atoms with Gasteiger partial charge in [0.15, 0.2) is 0 Å². The summed E-state index contributed by atoms with van der Waals surface area (Å²) in [6, 6.07) is 0. The van der Waals surface area contributed by atoms with Gasteiger partial charge >= 0.3 is 0 Å². The predicted octanol–water partition coefficient (Wildman–Crippen LogP) is 4.82. The third-order valence-corrected chi connectivity index (χ3v) is 5.71. The van der Waals surface area contributed by atoms with E-state index in [9.17, 15) is 0 Å². The lowest BCUT2D eigenvalue weighted by Gasteiger charge is -2.21. The van der Waals surface area contributed by atoms with E-state index in [-0.39, 0.29) is 0 Å². The Hall–Kier alpha value is -0.570. The van der Waals surface area contributed by atoms with Gasteiger partial charge in [-0.2, -0.15) is 0 Å². The van der Waals surface area contributed by atoms with Crippen LogP contribution in [0.1, 0.15) is 86.7 Å². The molecule has 2 fully saturated rings. The van der Waals surface area contributed by atoms with Crippen LogP contribution in [0.15, 0.2) is 0 Å². The van der Waals surface area contributed by atoms with Crippen LogP contribution in [0.2, 0.25) is 0 Å². The normalized spacial score (nSPS) is 23.3. The second-order valence-corrected chi connectivity index (χ2v) is 7.03. The fraction of sp³-hybridized carbons (Fsp3) is 0.800. The molecule has 0 atom stereocenters. The first kappa shape index (κ1) is 12.5. The summed E-state index contributed by atoms with van der Waals surface area (Å²) in [4.78, 5) is 4.95. The molecule has 3 rings (SSSR count). The van der Waals surface area contributed by atoms with Crippen LogP contribution in [-0.4, -0.2) is 4.98 Å². The van der Waals surface area contributed by atoms with Crippen molar-refractivity contribution in [2.75, 3.05) is 5.73 Å². The Kier molecular flexibility index (Phi) is 3.88. The van der Waals surface area contributed by atoms with Crippen molar-refractivity contribution >= 4 is 16.3 Å². The Bertz CT molecular complexity index is 387. The van der Waals surface area contributed by atoms with E-state index >= 15 is 0 Å². The quantitative estimate of drug-likeness (QED) is 0.831. The lowest BCUT2D eigenvalue weighted by Crippen LogP contribution is -2.08. The number of nitrogens with two attached hydrogens (primary N) is 1. The molecule has 1 aromatic heterocycles. The smallest absolute Gasteiger partial charge is 0.110 e. The highest BCUT2D eigenvalue weighted by Gasteiger charge is 2.25. The van der Waals surface area contributed by atoms with Gasteiger partial charge in [0.25, 0.3) is 0 Å². The Morgan fingerprint density at radius 3 is 2.00 bits per heavy atom. The van der Waals surface area contributed by atoms with Gasteiger partial charge in [-0.15, -0.1) is 11.3 Å². The highest BCUT2D eigenvalue weighted by Crippen LogP contribution is 2.41. The molecular weight excluding hydrogens is 240 g/mol. The molecule has 100 valence electrons. The van der Waals surface area contributed by atoms with E-state index in [0.717, 1.165) is 5.00 Å². The fourth-order valence-corrected chi connectivity index (χ4v) is 4.64. The number of hydrogen-bond acceptors (Lipinski definition) is 3. The Morgan fingerprint density at radius 2 is 1.39 bits per heavy atom.